The molecule has 0 saturated carbocycles. The lowest BCUT2D eigenvalue weighted by atomic mass is 10.0. The van der Waals surface area contributed by atoms with E-state index in [4.69, 9.17) is 11.6 Å². The summed E-state index contributed by atoms with van der Waals surface area (Å²) in [6.07, 6.45) is 4.37. The second-order valence-corrected chi connectivity index (χ2v) is 7.28. The van der Waals surface area contributed by atoms with Crippen molar-refractivity contribution in [3.8, 4) is 0 Å². The maximum Gasteiger partial charge on any atom is 0.244 e. The lowest BCUT2D eigenvalue weighted by molar-refractivity contribution is -0.117. The van der Waals surface area contributed by atoms with Crippen molar-refractivity contribution in [3.63, 3.8) is 0 Å². The van der Waals surface area contributed by atoms with E-state index in [-0.39, 0.29) is 11.9 Å². The molecule has 1 N–H and O–H groups in total. The van der Waals surface area contributed by atoms with Crippen molar-refractivity contribution >= 4 is 46.7 Å². The number of carbonyl (C=O) groups excluding carboxylic acids is 1. The minimum atomic E-state index is -0.0637. The Morgan fingerprint density at radius 3 is 3.10 bits per heavy atom. The Kier molecular flexibility index (Phi) is 4.68. The third-order valence-corrected chi connectivity index (χ3v) is 5.47. The van der Waals surface area contributed by atoms with E-state index < -0.39 is 0 Å². The fourth-order valence-electron chi connectivity index (χ4n) is 2.28. The van der Waals surface area contributed by atoms with E-state index in [2.05, 4.69) is 5.32 Å². The fourth-order valence-corrected chi connectivity index (χ4v) is 4.18. The second-order valence-electron chi connectivity index (χ2n) is 4.73. The maximum atomic E-state index is 12.1. The monoisotopic (exact) mass is 335 g/mol. The molecule has 2 nitrogen and oxygen atoms in total. The summed E-state index contributed by atoms with van der Waals surface area (Å²) >= 11 is 9.50. The van der Waals surface area contributed by atoms with Gasteiger partial charge >= 0.3 is 0 Å². The SMILES string of the molecule is O=C(/C=C/c1cccs1)N[C@H]1CCSc2ccc(Cl)cc21. The number of carbonyl (C=O) groups is 1. The van der Waals surface area contributed by atoms with Crippen LogP contribution in [0.1, 0.15) is 22.9 Å². The van der Waals surface area contributed by atoms with Crippen LogP contribution in [0.3, 0.4) is 0 Å². The first-order chi connectivity index (χ1) is 10.2. The molecule has 0 saturated heterocycles. The average Bonchev–Trinajstić information content (AvgIpc) is 2.99. The lowest BCUT2D eigenvalue weighted by Gasteiger charge is -2.25. The van der Waals surface area contributed by atoms with E-state index in [0.717, 1.165) is 22.6 Å². The molecule has 2 heterocycles. The van der Waals surface area contributed by atoms with E-state index in [1.807, 2.05) is 53.5 Å². The summed E-state index contributed by atoms with van der Waals surface area (Å²) in [6.45, 7) is 0. The summed E-state index contributed by atoms with van der Waals surface area (Å²) in [5, 5.41) is 5.78. The lowest BCUT2D eigenvalue weighted by Crippen LogP contribution is -2.29. The number of fused-ring (bicyclic) bond motifs is 1. The van der Waals surface area contributed by atoms with Gasteiger partial charge in [0.25, 0.3) is 0 Å². The first-order valence-corrected chi connectivity index (χ1v) is 8.91. The van der Waals surface area contributed by atoms with Crippen molar-refractivity contribution in [2.45, 2.75) is 17.4 Å². The van der Waals surface area contributed by atoms with Crippen molar-refractivity contribution in [2.24, 2.45) is 0 Å². The number of amides is 1. The number of hydrogen-bond acceptors (Lipinski definition) is 3. The van der Waals surface area contributed by atoms with Gasteiger partial charge in [0, 0.05) is 26.6 Å². The van der Waals surface area contributed by atoms with E-state index in [0.29, 0.717) is 5.02 Å². The molecule has 0 radical (unpaired) electrons. The summed E-state index contributed by atoms with van der Waals surface area (Å²) < 4.78 is 0. The molecular formula is C16H14ClNOS2. The van der Waals surface area contributed by atoms with Gasteiger partial charge in [0.05, 0.1) is 6.04 Å². The zero-order valence-electron chi connectivity index (χ0n) is 11.2. The standard InChI is InChI=1S/C16H14ClNOS2/c17-11-3-5-15-13(10-11)14(7-9-21-15)18-16(19)6-4-12-2-1-8-20-12/h1-6,8,10,14H,7,9H2,(H,18,19)/b6-4+/t14-/m0/s1. The number of nitrogens with one attached hydrogen (secondary N) is 1. The summed E-state index contributed by atoms with van der Waals surface area (Å²) in [4.78, 5) is 14.4. The summed E-state index contributed by atoms with van der Waals surface area (Å²) in [7, 11) is 0. The molecule has 0 aliphatic carbocycles. The number of thioether (sulfide) groups is 1. The van der Waals surface area contributed by atoms with E-state index in [1.165, 1.54) is 4.90 Å². The molecule has 1 atom stereocenters. The van der Waals surface area contributed by atoms with E-state index >= 15 is 0 Å². The number of hydrogen-bond donors (Lipinski definition) is 1. The predicted molar refractivity (Wildman–Crippen MR) is 91.0 cm³/mol. The van der Waals surface area contributed by atoms with Crippen molar-refractivity contribution in [2.75, 3.05) is 5.75 Å². The van der Waals surface area contributed by atoms with Gasteiger partial charge in [-0.2, -0.15) is 0 Å². The molecule has 0 bridgehead atoms. The summed E-state index contributed by atoms with van der Waals surface area (Å²) in [5.74, 6) is 0.944. The van der Waals surface area contributed by atoms with E-state index in [9.17, 15) is 4.79 Å². The van der Waals surface area contributed by atoms with Crippen molar-refractivity contribution in [1.82, 2.24) is 5.32 Å². The highest BCUT2D eigenvalue weighted by Gasteiger charge is 2.21. The smallest absolute Gasteiger partial charge is 0.244 e. The molecule has 3 rings (SSSR count). The van der Waals surface area contributed by atoms with Crippen LogP contribution in [0.5, 0.6) is 0 Å². The third kappa shape index (κ3) is 3.70. The van der Waals surface area contributed by atoms with Crippen LogP contribution in [0.2, 0.25) is 5.02 Å². The highest BCUT2D eigenvalue weighted by molar-refractivity contribution is 7.99. The molecule has 21 heavy (non-hydrogen) atoms. The molecular weight excluding hydrogens is 322 g/mol. The summed E-state index contributed by atoms with van der Waals surface area (Å²) in [6, 6.07) is 9.88. The van der Waals surface area contributed by atoms with Gasteiger partial charge in [0.2, 0.25) is 5.91 Å². The van der Waals surface area contributed by atoms with Crippen LogP contribution >= 0.6 is 34.7 Å². The Hall–Kier alpha value is -1.23. The van der Waals surface area contributed by atoms with Crippen molar-refractivity contribution in [3.05, 3.63) is 57.3 Å². The molecule has 5 heteroatoms. The molecule has 1 amide bonds. The van der Waals surface area contributed by atoms with Crippen LogP contribution in [-0.2, 0) is 4.79 Å². The Bertz CT molecular complexity index is 667. The minimum absolute atomic E-state index is 0.0421. The zero-order valence-corrected chi connectivity index (χ0v) is 13.6. The predicted octanol–water partition coefficient (Wildman–Crippen LogP) is 4.77. The van der Waals surface area contributed by atoms with Crippen LogP contribution < -0.4 is 5.32 Å². The van der Waals surface area contributed by atoms with Crippen LogP contribution in [0.25, 0.3) is 6.08 Å². The number of benzene rings is 1. The molecule has 0 unspecified atom stereocenters. The number of halogens is 1. The Labute approximate surface area is 137 Å². The molecule has 1 aliphatic rings. The molecule has 108 valence electrons. The molecule has 1 aromatic heterocycles. The second kappa shape index (κ2) is 6.69. The topological polar surface area (TPSA) is 29.1 Å². The Balaban J connectivity index is 1.71. The van der Waals surface area contributed by atoms with Gasteiger partial charge < -0.3 is 5.32 Å². The van der Waals surface area contributed by atoms with Gasteiger partial charge in [-0.25, -0.2) is 0 Å². The van der Waals surface area contributed by atoms with Crippen LogP contribution in [0.15, 0.2) is 46.7 Å². The summed E-state index contributed by atoms with van der Waals surface area (Å²) in [5.41, 5.74) is 1.12. The Morgan fingerprint density at radius 2 is 2.29 bits per heavy atom. The third-order valence-electron chi connectivity index (χ3n) is 3.27. The minimum Gasteiger partial charge on any atom is -0.346 e. The number of thiophene rings is 1. The van der Waals surface area contributed by atoms with Gasteiger partial charge in [-0.3, -0.25) is 4.79 Å². The van der Waals surface area contributed by atoms with Crippen LogP contribution in [0.4, 0.5) is 0 Å². The van der Waals surface area contributed by atoms with Crippen molar-refractivity contribution < 1.29 is 4.79 Å². The van der Waals surface area contributed by atoms with Crippen molar-refractivity contribution in [1.29, 1.82) is 0 Å². The highest BCUT2D eigenvalue weighted by atomic mass is 35.5. The van der Waals surface area contributed by atoms with Gasteiger partial charge in [-0.15, -0.1) is 23.1 Å². The Morgan fingerprint density at radius 1 is 1.38 bits per heavy atom. The first-order valence-electron chi connectivity index (χ1n) is 6.67. The average molecular weight is 336 g/mol. The maximum absolute atomic E-state index is 12.1. The quantitative estimate of drug-likeness (QED) is 0.819. The number of rotatable bonds is 3. The van der Waals surface area contributed by atoms with Gasteiger partial charge in [0.1, 0.15) is 0 Å². The zero-order chi connectivity index (χ0) is 14.7. The molecule has 1 aliphatic heterocycles. The van der Waals surface area contributed by atoms with Crippen LogP contribution in [0, 0.1) is 0 Å². The fraction of sp³-hybridized carbons (Fsp3) is 0.188. The van der Waals surface area contributed by atoms with Crippen LogP contribution in [-0.4, -0.2) is 11.7 Å². The molecule has 1 aromatic carbocycles. The molecule has 0 fully saturated rings. The van der Waals surface area contributed by atoms with Gasteiger partial charge in [-0.1, -0.05) is 17.7 Å². The first kappa shape index (κ1) is 14.7. The normalized spacial score (nSPS) is 17.7. The van der Waals surface area contributed by atoms with Gasteiger partial charge in [0.15, 0.2) is 0 Å². The molecule has 0 spiro atoms. The molecule has 2 aromatic rings. The largest absolute Gasteiger partial charge is 0.346 e. The van der Waals surface area contributed by atoms with Gasteiger partial charge in [-0.05, 0) is 47.7 Å². The highest BCUT2D eigenvalue weighted by Crippen LogP contribution is 2.37. The van der Waals surface area contributed by atoms with E-state index in [1.54, 1.807) is 17.4 Å².